The minimum atomic E-state index is -0.281. The first-order chi connectivity index (χ1) is 11.7. The lowest BCUT2D eigenvalue weighted by Gasteiger charge is -2.25. The van der Waals surface area contributed by atoms with E-state index in [2.05, 4.69) is 39.5 Å². The Morgan fingerprint density at radius 3 is 2.79 bits per heavy atom. The zero-order valence-corrected chi connectivity index (χ0v) is 13.6. The first-order valence-electron chi connectivity index (χ1n) is 8.49. The number of alkyl carbamates (subject to hydrolysis) is 1. The zero-order valence-electron chi connectivity index (χ0n) is 13.6. The van der Waals surface area contributed by atoms with E-state index in [4.69, 9.17) is 4.74 Å². The predicted molar refractivity (Wildman–Crippen MR) is 89.9 cm³/mol. The van der Waals surface area contributed by atoms with E-state index in [1.165, 1.54) is 5.56 Å². The standard InChI is InChI=1S/C18H22N4O2/c23-17-20-13-18(24-17)6-1-9-21(10-7-18)12-15-2-4-16(5-3-15)22-11-8-19-14-22/h2-5,8,11,14H,1,6-7,9-10,12-13H2,(H,20,23). The third-order valence-electron chi connectivity index (χ3n) is 5.00. The fourth-order valence-electron chi connectivity index (χ4n) is 3.61. The zero-order chi connectivity index (χ0) is 16.4. The molecule has 2 saturated heterocycles. The Labute approximate surface area is 141 Å². The fourth-order valence-corrected chi connectivity index (χ4v) is 3.61. The summed E-state index contributed by atoms with van der Waals surface area (Å²) in [5, 5.41) is 2.80. The number of ether oxygens (including phenoxy) is 1. The van der Waals surface area contributed by atoms with Gasteiger partial charge in [-0.05, 0) is 37.1 Å². The van der Waals surface area contributed by atoms with Crippen molar-refractivity contribution in [3.8, 4) is 5.69 Å². The molecule has 2 fully saturated rings. The Morgan fingerprint density at radius 1 is 1.21 bits per heavy atom. The van der Waals surface area contributed by atoms with Crippen molar-refractivity contribution in [3.05, 3.63) is 48.5 Å². The van der Waals surface area contributed by atoms with E-state index >= 15 is 0 Å². The van der Waals surface area contributed by atoms with Crippen LogP contribution in [0.5, 0.6) is 0 Å². The molecule has 0 bridgehead atoms. The minimum absolute atomic E-state index is 0.265. The van der Waals surface area contributed by atoms with Crippen LogP contribution < -0.4 is 5.32 Å². The number of nitrogens with zero attached hydrogens (tertiary/aromatic N) is 3. The molecule has 1 atom stereocenters. The molecular formula is C18H22N4O2. The lowest BCUT2D eigenvalue weighted by Crippen LogP contribution is -2.34. The number of carbonyl (C=O) groups is 1. The lowest BCUT2D eigenvalue weighted by molar-refractivity contribution is 0.0443. The average molecular weight is 326 g/mol. The van der Waals surface area contributed by atoms with Gasteiger partial charge < -0.3 is 14.6 Å². The summed E-state index contributed by atoms with van der Waals surface area (Å²) in [5.41, 5.74) is 2.14. The van der Waals surface area contributed by atoms with Crippen LogP contribution in [0.3, 0.4) is 0 Å². The summed E-state index contributed by atoms with van der Waals surface area (Å²) in [5.74, 6) is 0. The Bertz CT molecular complexity index is 698. The number of carbonyl (C=O) groups excluding carboxylic acids is 1. The monoisotopic (exact) mass is 326 g/mol. The molecule has 1 aromatic carbocycles. The Hall–Kier alpha value is -2.34. The number of nitrogens with one attached hydrogen (secondary N) is 1. The molecule has 6 heteroatoms. The molecule has 4 rings (SSSR count). The number of hydrogen-bond donors (Lipinski definition) is 1. The maximum atomic E-state index is 11.4. The molecule has 1 unspecified atom stereocenters. The van der Waals surface area contributed by atoms with E-state index in [1.807, 2.05) is 10.8 Å². The molecule has 3 heterocycles. The van der Waals surface area contributed by atoms with Crippen molar-refractivity contribution in [1.29, 1.82) is 0 Å². The van der Waals surface area contributed by atoms with Crippen molar-refractivity contribution < 1.29 is 9.53 Å². The van der Waals surface area contributed by atoms with Gasteiger partial charge in [-0.25, -0.2) is 9.78 Å². The van der Waals surface area contributed by atoms with Gasteiger partial charge in [0.05, 0.1) is 12.9 Å². The second kappa shape index (κ2) is 6.28. The molecule has 0 saturated carbocycles. The molecule has 126 valence electrons. The van der Waals surface area contributed by atoms with E-state index < -0.39 is 0 Å². The number of aromatic nitrogens is 2. The van der Waals surface area contributed by atoms with Crippen LogP contribution in [0, 0.1) is 0 Å². The van der Waals surface area contributed by atoms with Crippen molar-refractivity contribution in [2.75, 3.05) is 19.6 Å². The Balaban J connectivity index is 1.38. The van der Waals surface area contributed by atoms with Gasteiger partial charge in [-0.2, -0.15) is 0 Å². The van der Waals surface area contributed by atoms with Crippen LogP contribution in [-0.4, -0.2) is 45.8 Å². The third kappa shape index (κ3) is 3.14. The largest absolute Gasteiger partial charge is 0.441 e. The number of imidazole rings is 1. The van der Waals surface area contributed by atoms with Gasteiger partial charge in [-0.15, -0.1) is 0 Å². The molecule has 1 N–H and O–H groups in total. The first kappa shape index (κ1) is 15.2. The summed E-state index contributed by atoms with van der Waals surface area (Å²) < 4.78 is 7.54. The normalized spacial score (nSPS) is 24.6. The van der Waals surface area contributed by atoms with Crippen LogP contribution in [-0.2, 0) is 11.3 Å². The maximum absolute atomic E-state index is 11.4. The summed E-state index contributed by atoms with van der Waals surface area (Å²) in [6.07, 6.45) is 8.17. The topological polar surface area (TPSA) is 59.4 Å². The van der Waals surface area contributed by atoms with Crippen LogP contribution in [0.1, 0.15) is 24.8 Å². The van der Waals surface area contributed by atoms with E-state index in [-0.39, 0.29) is 11.7 Å². The summed E-state index contributed by atoms with van der Waals surface area (Å²) in [6, 6.07) is 8.60. The van der Waals surface area contributed by atoms with Gasteiger partial charge >= 0.3 is 6.09 Å². The van der Waals surface area contributed by atoms with Crippen LogP contribution in [0.25, 0.3) is 5.69 Å². The summed E-state index contributed by atoms with van der Waals surface area (Å²) in [6.45, 7) is 3.59. The van der Waals surface area contributed by atoms with Crippen LogP contribution in [0.2, 0.25) is 0 Å². The van der Waals surface area contributed by atoms with Gasteiger partial charge in [0.2, 0.25) is 0 Å². The lowest BCUT2D eigenvalue weighted by atomic mass is 9.95. The second-order valence-electron chi connectivity index (χ2n) is 6.69. The highest BCUT2D eigenvalue weighted by atomic mass is 16.6. The quantitative estimate of drug-likeness (QED) is 0.940. The first-order valence-corrected chi connectivity index (χ1v) is 8.49. The molecule has 2 aromatic rings. The van der Waals surface area contributed by atoms with Gasteiger partial charge in [0.15, 0.2) is 0 Å². The Kier molecular flexibility index (Phi) is 3.98. The molecule has 6 nitrogen and oxygen atoms in total. The molecule has 2 aliphatic rings. The van der Waals surface area contributed by atoms with Gasteiger partial charge in [0, 0.05) is 37.6 Å². The third-order valence-corrected chi connectivity index (χ3v) is 5.00. The highest BCUT2D eigenvalue weighted by Crippen LogP contribution is 2.29. The van der Waals surface area contributed by atoms with Gasteiger partial charge in [0.1, 0.15) is 5.60 Å². The van der Waals surface area contributed by atoms with Crippen molar-refractivity contribution in [2.45, 2.75) is 31.4 Å². The van der Waals surface area contributed by atoms with E-state index in [0.717, 1.165) is 44.6 Å². The van der Waals surface area contributed by atoms with Gasteiger partial charge in [0.25, 0.3) is 0 Å². The molecule has 2 aliphatic heterocycles. The van der Waals surface area contributed by atoms with Crippen molar-refractivity contribution in [1.82, 2.24) is 19.8 Å². The van der Waals surface area contributed by atoms with Crippen LogP contribution >= 0.6 is 0 Å². The molecule has 1 spiro atoms. The SMILES string of the molecule is O=C1NCC2(CCCN(Cc3ccc(-n4ccnc4)cc3)CC2)O1. The smallest absolute Gasteiger partial charge is 0.407 e. The molecule has 0 radical (unpaired) electrons. The average Bonchev–Trinajstić information content (AvgIpc) is 3.19. The summed E-state index contributed by atoms with van der Waals surface area (Å²) >= 11 is 0. The fraction of sp³-hybridized carbons (Fsp3) is 0.444. The Morgan fingerprint density at radius 2 is 2.08 bits per heavy atom. The predicted octanol–water partition coefficient (Wildman–Crippen LogP) is 2.34. The van der Waals surface area contributed by atoms with Crippen molar-refractivity contribution >= 4 is 6.09 Å². The van der Waals surface area contributed by atoms with E-state index in [1.54, 1.807) is 12.5 Å². The molecule has 0 aliphatic carbocycles. The minimum Gasteiger partial charge on any atom is -0.441 e. The number of benzene rings is 1. The highest BCUT2D eigenvalue weighted by molar-refractivity contribution is 5.70. The number of hydrogen-bond acceptors (Lipinski definition) is 4. The van der Waals surface area contributed by atoms with Gasteiger partial charge in [-0.1, -0.05) is 12.1 Å². The molecular weight excluding hydrogens is 304 g/mol. The molecule has 1 aromatic heterocycles. The van der Waals surface area contributed by atoms with Crippen molar-refractivity contribution in [3.63, 3.8) is 0 Å². The number of rotatable bonds is 3. The van der Waals surface area contributed by atoms with E-state index in [9.17, 15) is 4.79 Å². The highest BCUT2D eigenvalue weighted by Gasteiger charge is 2.41. The van der Waals surface area contributed by atoms with Gasteiger partial charge in [-0.3, -0.25) is 4.90 Å². The number of amides is 1. The van der Waals surface area contributed by atoms with E-state index in [0.29, 0.717) is 6.54 Å². The summed E-state index contributed by atoms with van der Waals surface area (Å²) in [4.78, 5) is 17.9. The number of likely N-dealkylation sites (tertiary alicyclic amines) is 1. The van der Waals surface area contributed by atoms with Crippen LogP contribution in [0.15, 0.2) is 43.0 Å². The van der Waals surface area contributed by atoms with Crippen LogP contribution in [0.4, 0.5) is 4.79 Å². The maximum Gasteiger partial charge on any atom is 0.407 e. The second-order valence-corrected chi connectivity index (χ2v) is 6.69. The molecule has 24 heavy (non-hydrogen) atoms. The summed E-state index contributed by atoms with van der Waals surface area (Å²) in [7, 11) is 0. The molecule has 1 amide bonds. The van der Waals surface area contributed by atoms with Crippen molar-refractivity contribution in [2.24, 2.45) is 0 Å².